The molecule has 0 spiro atoms. The van der Waals surface area contributed by atoms with E-state index in [4.69, 9.17) is 4.74 Å². The molecule has 4 heteroatoms. The molecule has 0 saturated carbocycles. The van der Waals surface area contributed by atoms with Gasteiger partial charge in [-0.2, -0.15) is 0 Å². The summed E-state index contributed by atoms with van der Waals surface area (Å²) in [5.74, 6) is 0.758. The van der Waals surface area contributed by atoms with Crippen molar-refractivity contribution >= 4 is 11.7 Å². The average molecular weight is 346 g/mol. The molecule has 3 aromatic rings. The molecule has 26 heavy (non-hydrogen) atoms. The van der Waals surface area contributed by atoms with Crippen LogP contribution in [-0.4, -0.2) is 18.0 Å². The van der Waals surface area contributed by atoms with Crippen molar-refractivity contribution in [1.29, 1.82) is 0 Å². The maximum Gasteiger partial charge on any atom is 0.322 e. The first-order valence-corrected chi connectivity index (χ1v) is 8.52. The van der Waals surface area contributed by atoms with Crippen LogP contribution in [0, 0.1) is 0 Å². The number of carbonyl (C=O) groups excluding carboxylic acids is 1. The number of amides is 2. The number of nitrogens with zero attached hydrogens (tertiary/aromatic N) is 1. The number of carbonyl (C=O) groups is 1. The minimum absolute atomic E-state index is 0.136. The van der Waals surface area contributed by atoms with E-state index in [-0.39, 0.29) is 6.03 Å². The minimum Gasteiger partial charge on any atom is -0.497 e. The predicted molar refractivity (Wildman–Crippen MR) is 104 cm³/mol. The lowest BCUT2D eigenvalue weighted by atomic mass is 10.2. The van der Waals surface area contributed by atoms with Crippen molar-refractivity contribution in [3.63, 3.8) is 0 Å². The van der Waals surface area contributed by atoms with Gasteiger partial charge < -0.3 is 15.0 Å². The smallest absolute Gasteiger partial charge is 0.322 e. The van der Waals surface area contributed by atoms with Gasteiger partial charge in [-0.3, -0.25) is 0 Å². The predicted octanol–water partition coefficient (Wildman–Crippen LogP) is 4.93. The van der Waals surface area contributed by atoms with E-state index in [0.29, 0.717) is 13.1 Å². The summed E-state index contributed by atoms with van der Waals surface area (Å²) in [5.41, 5.74) is 2.92. The van der Waals surface area contributed by atoms with Gasteiger partial charge in [-0.1, -0.05) is 60.7 Å². The van der Waals surface area contributed by atoms with E-state index in [2.05, 4.69) is 5.32 Å². The first-order valence-electron chi connectivity index (χ1n) is 8.52. The van der Waals surface area contributed by atoms with Gasteiger partial charge in [0.15, 0.2) is 0 Å². The summed E-state index contributed by atoms with van der Waals surface area (Å²) in [4.78, 5) is 14.7. The Kier molecular flexibility index (Phi) is 5.88. The van der Waals surface area contributed by atoms with Gasteiger partial charge in [0, 0.05) is 18.8 Å². The Labute approximate surface area is 154 Å². The van der Waals surface area contributed by atoms with E-state index in [1.165, 1.54) is 0 Å². The first kappa shape index (κ1) is 17.5. The van der Waals surface area contributed by atoms with Crippen LogP contribution in [0.4, 0.5) is 10.5 Å². The zero-order valence-corrected chi connectivity index (χ0v) is 14.8. The molecule has 0 aliphatic carbocycles. The van der Waals surface area contributed by atoms with E-state index in [1.807, 2.05) is 84.9 Å². The zero-order chi connectivity index (χ0) is 18.2. The lowest BCUT2D eigenvalue weighted by Crippen LogP contribution is -2.34. The Morgan fingerprint density at radius 2 is 1.31 bits per heavy atom. The largest absolute Gasteiger partial charge is 0.497 e. The highest BCUT2D eigenvalue weighted by Crippen LogP contribution is 2.17. The number of nitrogens with one attached hydrogen (secondary N) is 1. The van der Waals surface area contributed by atoms with Crippen molar-refractivity contribution in [1.82, 2.24) is 4.90 Å². The lowest BCUT2D eigenvalue weighted by Gasteiger charge is -2.23. The Morgan fingerprint density at radius 3 is 1.77 bits per heavy atom. The van der Waals surface area contributed by atoms with Crippen LogP contribution in [0.15, 0.2) is 84.9 Å². The number of methoxy groups -OCH3 is 1. The van der Waals surface area contributed by atoms with E-state index in [9.17, 15) is 4.79 Å². The topological polar surface area (TPSA) is 41.6 Å². The summed E-state index contributed by atoms with van der Waals surface area (Å²) >= 11 is 0. The summed E-state index contributed by atoms with van der Waals surface area (Å²) < 4.78 is 5.16. The zero-order valence-electron chi connectivity index (χ0n) is 14.8. The highest BCUT2D eigenvalue weighted by atomic mass is 16.5. The molecule has 132 valence electrons. The minimum atomic E-state index is -0.136. The van der Waals surface area contributed by atoms with Crippen molar-refractivity contribution in [2.75, 3.05) is 12.4 Å². The third-order valence-electron chi connectivity index (χ3n) is 4.06. The van der Waals surface area contributed by atoms with Crippen LogP contribution >= 0.6 is 0 Å². The molecule has 4 nitrogen and oxygen atoms in total. The number of anilines is 1. The van der Waals surface area contributed by atoms with Crippen LogP contribution in [0.3, 0.4) is 0 Å². The van der Waals surface area contributed by atoms with Gasteiger partial charge in [0.25, 0.3) is 0 Å². The second-order valence-corrected chi connectivity index (χ2v) is 5.99. The van der Waals surface area contributed by atoms with Crippen LogP contribution in [0.25, 0.3) is 0 Å². The van der Waals surface area contributed by atoms with Gasteiger partial charge in [0.1, 0.15) is 5.75 Å². The second-order valence-electron chi connectivity index (χ2n) is 5.99. The second kappa shape index (κ2) is 8.72. The van der Waals surface area contributed by atoms with Gasteiger partial charge >= 0.3 is 6.03 Å². The van der Waals surface area contributed by atoms with Gasteiger partial charge in [0.05, 0.1) is 7.11 Å². The van der Waals surface area contributed by atoms with Crippen LogP contribution in [-0.2, 0) is 13.1 Å². The highest BCUT2D eigenvalue weighted by Gasteiger charge is 2.15. The molecule has 1 N–H and O–H groups in total. The van der Waals surface area contributed by atoms with E-state index < -0.39 is 0 Å². The number of hydrogen-bond acceptors (Lipinski definition) is 2. The van der Waals surface area contributed by atoms with Crippen LogP contribution in [0.2, 0.25) is 0 Å². The van der Waals surface area contributed by atoms with Crippen LogP contribution in [0.1, 0.15) is 11.1 Å². The maximum absolute atomic E-state index is 12.9. The Hall–Kier alpha value is -3.27. The molecule has 0 bridgehead atoms. The van der Waals surface area contributed by atoms with Crippen molar-refractivity contribution in [2.24, 2.45) is 0 Å². The van der Waals surface area contributed by atoms with Gasteiger partial charge in [-0.05, 0) is 35.4 Å². The number of hydrogen-bond donors (Lipinski definition) is 1. The average Bonchev–Trinajstić information content (AvgIpc) is 2.69. The maximum atomic E-state index is 12.9. The molecular weight excluding hydrogens is 324 g/mol. The molecule has 3 aromatic carbocycles. The molecule has 2 amide bonds. The lowest BCUT2D eigenvalue weighted by molar-refractivity contribution is 0.206. The Morgan fingerprint density at radius 1 is 0.808 bits per heavy atom. The number of benzene rings is 3. The third kappa shape index (κ3) is 4.86. The van der Waals surface area contributed by atoms with Crippen molar-refractivity contribution in [3.8, 4) is 5.75 Å². The third-order valence-corrected chi connectivity index (χ3v) is 4.06. The Balaban J connectivity index is 1.75. The molecule has 0 unspecified atom stereocenters. The fourth-order valence-corrected chi connectivity index (χ4v) is 2.68. The molecule has 0 fully saturated rings. The van der Waals surface area contributed by atoms with Gasteiger partial charge in [0.2, 0.25) is 0 Å². The monoisotopic (exact) mass is 346 g/mol. The Bertz CT molecular complexity index is 776. The molecule has 0 heterocycles. The van der Waals surface area contributed by atoms with Crippen LogP contribution in [0.5, 0.6) is 5.75 Å². The fraction of sp³-hybridized carbons (Fsp3) is 0.136. The fourth-order valence-electron chi connectivity index (χ4n) is 2.68. The van der Waals surface area contributed by atoms with E-state index >= 15 is 0 Å². The molecule has 0 saturated heterocycles. The molecule has 0 radical (unpaired) electrons. The van der Waals surface area contributed by atoms with Gasteiger partial charge in [-0.25, -0.2) is 4.79 Å². The number of rotatable bonds is 6. The standard InChI is InChI=1S/C22H22N2O2/c1-26-21-14-12-20(13-15-21)23-22(25)24(16-18-8-4-2-5-9-18)17-19-10-6-3-7-11-19/h2-15H,16-17H2,1H3,(H,23,25). The summed E-state index contributed by atoms with van der Waals surface area (Å²) in [5, 5.41) is 2.97. The van der Waals surface area contributed by atoms with Crippen LogP contribution < -0.4 is 10.1 Å². The molecule has 0 aromatic heterocycles. The van der Waals surface area contributed by atoms with Crippen molar-refractivity contribution in [3.05, 3.63) is 96.1 Å². The summed E-state index contributed by atoms with van der Waals surface area (Å²) in [7, 11) is 1.62. The quantitative estimate of drug-likeness (QED) is 0.687. The SMILES string of the molecule is COc1ccc(NC(=O)N(Cc2ccccc2)Cc2ccccc2)cc1. The van der Waals surface area contributed by atoms with E-state index in [1.54, 1.807) is 12.0 Å². The molecule has 0 aliphatic heterocycles. The molecule has 0 aliphatic rings. The summed E-state index contributed by atoms with van der Waals surface area (Å²) in [6, 6.07) is 27.2. The first-order chi connectivity index (χ1) is 12.7. The van der Waals surface area contributed by atoms with Crippen molar-refractivity contribution < 1.29 is 9.53 Å². The van der Waals surface area contributed by atoms with Crippen molar-refractivity contribution in [2.45, 2.75) is 13.1 Å². The normalized spacial score (nSPS) is 10.2. The van der Waals surface area contributed by atoms with Gasteiger partial charge in [-0.15, -0.1) is 0 Å². The number of ether oxygens (including phenoxy) is 1. The summed E-state index contributed by atoms with van der Waals surface area (Å²) in [6.07, 6.45) is 0. The molecule has 0 atom stereocenters. The number of urea groups is 1. The van der Waals surface area contributed by atoms with E-state index in [0.717, 1.165) is 22.6 Å². The molecule has 3 rings (SSSR count). The molecular formula is C22H22N2O2. The highest BCUT2D eigenvalue weighted by molar-refractivity contribution is 5.89. The summed E-state index contributed by atoms with van der Waals surface area (Å²) in [6.45, 7) is 1.08.